The molecule has 0 spiro atoms. The first-order chi connectivity index (χ1) is 9.56. The van der Waals surface area contributed by atoms with Crippen molar-refractivity contribution in [2.45, 2.75) is 31.9 Å². The molecular formula is C17H21NOS. The molecular weight excluding hydrogens is 266 g/mol. The second-order valence-electron chi connectivity index (χ2n) is 5.25. The fraction of sp³-hybridized carbons (Fsp3) is 0.294. The number of hydrogen-bond acceptors (Lipinski definition) is 2. The average Bonchev–Trinajstić information content (AvgIpc) is 2.37. The SMILES string of the molecule is Cc1cc(C)cc(CS(=O)Cc2cccc(CN)c2)c1. The van der Waals surface area contributed by atoms with Crippen LogP contribution in [0.25, 0.3) is 0 Å². The van der Waals surface area contributed by atoms with Crippen LogP contribution >= 0.6 is 0 Å². The predicted molar refractivity (Wildman–Crippen MR) is 85.8 cm³/mol. The van der Waals surface area contributed by atoms with Crippen LogP contribution in [-0.2, 0) is 28.9 Å². The smallest absolute Gasteiger partial charge is 0.0489 e. The van der Waals surface area contributed by atoms with Crippen LogP contribution in [0.4, 0.5) is 0 Å². The van der Waals surface area contributed by atoms with E-state index in [0.29, 0.717) is 18.1 Å². The van der Waals surface area contributed by atoms with Crippen LogP contribution < -0.4 is 5.73 Å². The van der Waals surface area contributed by atoms with Gasteiger partial charge in [0.05, 0.1) is 0 Å². The van der Waals surface area contributed by atoms with Crippen LogP contribution in [-0.4, -0.2) is 4.21 Å². The molecule has 0 amide bonds. The monoisotopic (exact) mass is 287 g/mol. The summed E-state index contributed by atoms with van der Waals surface area (Å²) in [4.78, 5) is 0. The first kappa shape index (κ1) is 14.9. The summed E-state index contributed by atoms with van der Waals surface area (Å²) < 4.78 is 12.3. The normalized spacial score (nSPS) is 12.3. The van der Waals surface area contributed by atoms with Crippen molar-refractivity contribution in [3.8, 4) is 0 Å². The van der Waals surface area contributed by atoms with Crippen molar-refractivity contribution in [1.29, 1.82) is 0 Å². The molecule has 0 aliphatic heterocycles. The molecule has 106 valence electrons. The minimum Gasteiger partial charge on any atom is -0.326 e. The molecule has 1 atom stereocenters. The Kier molecular flexibility index (Phi) is 5.10. The van der Waals surface area contributed by atoms with Gasteiger partial charge in [-0.05, 0) is 30.5 Å². The minimum atomic E-state index is -0.890. The van der Waals surface area contributed by atoms with Gasteiger partial charge >= 0.3 is 0 Å². The lowest BCUT2D eigenvalue weighted by Crippen LogP contribution is -2.02. The van der Waals surface area contributed by atoms with E-state index in [1.807, 2.05) is 24.3 Å². The van der Waals surface area contributed by atoms with Gasteiger partial charge in [0.1, 0.15) is 0 Å². The third kappa shape index (κ3) is 4.29. The average molecular weight is 287 g/mol. The Morgan fingerprint density at radius 2 is 1.50 bits per heavy atom. The highest BCUT2D eigenvalue weighted by Gasteiger charge is 2.05. The Labute approximate surface area is 123 Å². The highest BCUT2D eigenvalue weighted by molar-refractivity contribution is 7.83. The molecule has 2 aromatic rings. The zero-order chi connectivity index (χ0) is 14.5. The predicted octanol–water partition coefficient (Wildman–Crippen LogP) is 3.21. The lowest BCUT2D eigenvalue weighted by Gasteiger charge is -2.07. The second-order valence-corrected chi connectivity index (χ2v) is 6.71. The lowest BCUT2D eigenvalue weighted by atomic mass is 10.1. The van der Waals surface area contributed by atoms with Gasteiger partial charge in [-0.2, -0.15) is 0 Å². The van der Waals surface area contributed by atoms with Crippen LogP contribution in [0.1, 0.15) is 27.8 Å². The molecule has 20 heavy (non-hydrogen) atoms. The Hall–Kier alpha value is -1.45. The molecule has 1 unspecified atom stereocenters. The van der Waals surface area contributed by atoms with Gasteiger partial charge in [-0.15, -0.1) is 0 Å². The van der Waals surface area contributed by atoms with E-state index in [1.54, 1.807) is 0 Å². The van der Waals surface area contributed by atoms with Crippen LogP contribution in [0.5, 0.6) is 0 Å². The van der Waals surface area contributed by atoms with Gasteiger partial charge in [-0.3, -0.25) is 4.21 Å². The van der Waals surface area contributed by atoms with Gasteiger partial charge in [0, 0.05) is 28.9 Å². The van der Waals surface area contributed by atoms with Crippen LogP contribution in [0.3, 0.4) is 0 Å². The highest BCUT2D eigenvalue weighted by atomic mass is 32.2. The highest BCUT2D eigenvalue weighted by Crippen LogP contribution is 2.14. The van der Waals surface area contributed by atoms with Crippen LogP contribution in [0, 0.1) is 13.8 Å². The van der Waals surface area contributed by atoms with Crippen molar-refractivity contribution in [2.75, 3.05) is 0 Å². The van der Waals surface area contributed by atoms with E-state index < -0.39 is 10.8 Å². The summed E-state index contributed by atoms with van der Waals surface area (Å²) in [5.41, 5.74) is 11.4. The number of aryl methyl sites for hydroxylation is 2. The van der Waals surface area contributed by atoms with Crippen LogP contribution in [0.2, 0.25) is 0 Å². The molecule has 2 nitrogen and oxygen atoms in total. The van der Waals surface area contributed by atoms with Crippen molar-refractivity contribution < 1.29 is 4.21 Å². The second kappa shape index (κ2) is 6.82. The minimum absolute atomic E-state index is 0.525. The summed E-state index contributed by atoms with van der Waals surface area (Å²) in [7, 11) is -0.890. The molecule has 0 aliphatic rings. The van der Waals surface area contributed by atoms with Crippen molar-refractivity contribution >= 4 is 10.8 Å². The Bertz CT molecular complexity index is 602. The van der Waals surface area contributed by atoms with Crippen molar-refractivity contribution in [3.63, 3.8) is 0 Å². The quantitative estimate of drug-likeness (QED) is 0.917. The van der Waals surface area contributed by atoms with E-state index in [9.17, 15) is 4.21 Å². The maximum absolute atomic E-state index is 12.3. The summed E-state index contributed by atoms with van der Waals surface area (Å²) >= 11 is 0. The maximum Gasteiger partial charge on any atom is 0.0489 e. The molecule has 0 aliphatic carbocycles. The zero-order valence-corrected chi connectivity index (χ0v) is 12.9. The zero-order valence-electron chi connectivity index (χ0n) is 12.1. The Morgan fingerprint density at radius 3 is 2.15 bits per heavy atom. The van der Waals surface area contributed by atoms with E-state index in [-0.39, 0.29) is 0 Å². The molecule has 2 N–H and O–H groups in total. The number of nitrogens with two attached hydrogens (primary N) is 1. The maximum atomic E-state index is 12.3. The summed E-state index contributed by atoms with van der Waals surface area (Å²) in [5, 5.41) is 0. The van der Waals surface area contributed by atoms with E-state index in [4.69, 9.17) is 5.73 Å². The lowest BCUT2D eigenvalue weighted by molar-refractivity contribution is 0.682. The fourth-order valence-electron chi connectivity index (χ4n) is 2.42. The van der Waals surface area contributed by atoms with Crippen molar-refractivity contribution in [3.05, 3.63) is 70.3 Å². The number of benzene rings is 2. The van der Waals surface area contributed by atoms with Gasteiger partial charge in [-0.25, -0.2) is 0 Å². The molecule has 3 heteroatoms. The van der Waals surface area contributed by atoms with E-state index in [1.165, 1.54) is 11.1 Å². The molecule has 0 saturated heterocycles. The van der Waals surface area contributed by atoms with Crippen molar-refractivity contribution in [1.82, 2.24) is 0 Å². The first-order valence-corrected chi connectivity index (χ1v) is 8.25. The fourth-order valence-corrected chi connectivity index (χ4v) is 3.61. The van der Waals surface area contributed by atoms with Crippen molar-refractivity contribution in [2.24, 2.45) is 5.73 Å². The summed E-state index contributed by atoms with van der Waals surface area (Å²) in [6.45, 7) is 4.67. The summed E-state index contributed by atoms with van der Waals surface area (Å²) in [6, 6.07) is 14.4. The van der Waals surface area contributed by atoms with Gasteiger partial charge in [-0.1, -0.05) is 53.6 Å². The molecule has 2 aromatic carbocycles. The Balaban J connectivity index is 2.04. The largest absolute Gasteiger partial charge is 0.326 e. The van der Waals surface area contributed by atoms with E-state index in [2.05, 4.69) is 32.0 Å². The van der Waals surface area contributed by atoms with Gasteiger partial charge < -0.3 is 5.73 Å². The van der Waals surface area contributed by atoms with Gasteiger partial charge in [0.25, 0.3) is 0 Å². The summed E-state index contributed by atoms with van der Waals surface area (Å²) in [6.07, 6.45) is 0. The molecule has 0 aromatic heterocycles. The summed E-state index contributed by atoms with van der Waals surface area (Å²) in [5.74, 6) is 1.19. The van der Waals surface area contributed by atoms with Gasteiger partial charge in [0.2, 0.25) is 0 Å². The third-order valence-electron chi connectivity index (χ3n) is 3.16. The Morgan fingerprint density at radius 1 is 0.900 bits per heavy atom. The van der Waals surface area contributed by atoms with E-state index >= 15 is 0 Å². The van der Waals surface area contributed by atoms with Gasteiger partial charge in [0.15, 0.2) is 0 Å². The standard InChI is InChI=1S/C17H21NOS/c1-13-6-14(2)8-17(7-13)12-20(19)11-16-5-3-4-15(9-16)10-18/h3-9H,10-12,18H2,1-2H3. The molecule has 0 heterocycles. The number of rotatable bonds is 5. The molecule has 0 radical (unpaired) electrons. The van der Waals surface area contributed by atoms with E-state index in [0.717, 1.165) is 16.7 Å². The molecule has 0 fully saturated rings. The molecule has 2 rings (SSSR count). The first-order valence-electron chi connectivity index (χ1n) is 6.77. The molecule has 0 saturated carbocycles. The molecule has 0 bridgehead atoms. The van der Waals surface area contributed by atoms with Crippen LogP contribution in [0.15, 0.2) is 42.5 Å². The topological polar surface area (TPSA) is 43.1 Å². The third-order valence-corrected chi connectivity index (χ3v) is 4.47. The number of hydrogen-bond donors (Lipinski definition) is 1.